The van der Waals surface area contributed by atoms with Crippen LogP contribution >= 0.6 is 11.6 Å². The predicted octanol–water partition coefficient (Wildman–Crippen LogP) is 5.49. The molecule has 244 valence electrons. The molecule has 46 heavy (non-hydrogen) atoms. The first-order valence-electron chi connectivity index (χ1n) is 15.9. The normalized spacial score (nSPS) is 20.7. The number of halogens is 1. The van der Waals surface area contributed by atoms with E-state index in [2.05, 4.69) is 56.0 Å². The smallest absolute Gasteiger partial charge is 0.247 e. The van der Waals surface area contributed by atoms with Gasteiger partial charge in [-0.05, 0) is 63.2 Å². The number of amides is 1. The summed E-state index contributed by atoms with van der Waals surface area (Å²) in [6.45, 7) is 8.28. The molecule has 6 rings (SSSR count). The van der Waals surface area contributed by atoms with Gasteiger partial charge in [-0.25, -0.2) is 15.0 Å². The summed E-state index contributed by atoms with van der Waals surface area (Å²) in [5, 5.41) is 8.89. The lowest BCUT2D eigenvalue weighted by Gasteiger charge is -2.39. The fourth-order valence-electron chi connectivity index (χ4n) is 6.76. The van der Waals surface area contributed by atoms with Crippen LogP contribution in [0.4, 0.5) is 28.7 Å². The minimum Gasteiger partial charge on any atom is -0.494 e. The Morgan fingerprint density at radius 2 is 1.91 bits per heavy atom. The molecule has 3 fully saturated rings. The number of nitrogens with one attached hydrogen (secondary N) is 2. The number of piperidine rings is 1. The average Bonchev–Trinajstić information content (AvgIpc) is 3.77. The summed E-state index contributed by atoms with van der Waals surface area (Å²) in [6.07, 6.45) is 6.94. The fourth-order valence-corrected chi connectivity index (χ4v) is 6.96. The maximum absolute atomic E-state index is 12.6. The Bertz CT molecular complexity index is 1550. The lowest BCUT2D eigenvalue weighted by molar-refractivity contribution is -0.111. The Morgan fingerprint density at radius 1 is 1.09 bits per heavy atom. The lowest BCUT2D eigenvalue weighted by atomic mass is 10.0. The number of likely N-dealkylation sites (N-methyl/N-ethyl adjacent to an activating group) is 1. The molecule has 2 aromatic carbocycles. The first kappa shape index (κ1) is 32.1. The van der Waals surface area contributed by atoms with E-state index < -0.39 is 0 Å². The first-order valence-corrected chi connectivity index (χ1v) is 16.3. The van der Waals surface area contributed by atoms with Crippen molar-refractivity contribution in [2.75, 3.05) is 74.6 Å². The molecule has 3 saturated heterocycles. The van der Waals surface area contributed by atoms with Crippen LogP contribution in [0.5, 0.6) is 5.75 Å². The summed E-state index contributed by atoms with van der Waals surface area (Å²) >= 11 is 6.28. The number of hydroxylamine groups is 1. The van der Waals surface area contributed by atoms with E-state index in [1.54, 1.807) is 12.2 Å². The number of anilines is 5. The van der Waals surface area contributed by atoms with Crippen LogP contribution in [0.25, 0.3) is 0 Å². The quantitative estimate of drug-likeness (QED) is 0.275. The number of carbonyl (C=O) groups is 1. The van der Waals surface area contributed by atoms with Gasteiger partial charge in [-0.3, -0.25) is 14.5 Å². The number of benzene rings is 2. The molecule has 2 atom stereocenters. The minimum absolute atomic E-state index is 0.0278. The number of rotatable bonds is 10. The molecular formula is C34H43ClN8O3. The SMILES string of the molecule is C=CC(=O)Nc1cc(Nc2cc(N3OCC[C@@H]3c3cccc(Cl)c3)ncn2)c(OC)cc1N1CCC(N2CC[C@@H](N(C)C)C2)CC1. The van der Waals surface area contributed by atoms with Gasteiger partial charge in [-0.1, -0.05) is 30.3 Å². The summed E-state index contributed by atoms with van der Waals surface area (Å²) in [4.78, 5) is 34.8. The first-order chi connectivity index (χ1) is 22.3. The van der Waals surface area contributed by atoms with E-state index in [1.165, 1.54) is 18.8 Å². The van der Waals surface area contributed by atoms with Gasteiger partial charge in [0.05, 0.1) is 36.8 Å². The number of methoxy groups -OCH3 is 1. The molecule has 11 nitrogen and oxygen atoms in total. The Morgan fingerprint density at radius 3 is 2.63 bits per heavy atom. The topological polar surface area (TPSA) is 98.3 Å². The van der Waals surface area contributed by atoms with Crippen molar-refractivity contribution >= 4 is 46.2 Å². The zero-order chi connectivity index (χ0) is 32.2. The Kier molecular flexibility index (Phi) is 9.93. The molecule has 0 aliphatic carbocycles. The van der Waals surface area contributed by atoms with Gasteiger partial charge in [0.2, 0.25) is 5.91 Å². The van der Waals surface area contributed by atoms with Crippen molar-refractivity contribution in [3.05, 3.63) is 72.0 Å². The molecule has 3 aromatic rings. The van der Waals surface area contributed by atoms with Crippen LogP contribution in [0, 0.1) is 0 Å². The van der Waals surface area contributed by atoms with Crippen LogP contribution < -0.4 is 25.3 Å². The van der Waals surface area contributed by atoms with Crippen molar-refractivity contribution < 1.29 is 14.4 Å². The molecule has 3 aliphatic heterocycles. The summed E-state index contributed by atoms with van der Waals surface area (Å²) in [5.74, 6) is 1.53. The van der Waals surface area contributed by atoms with Gasteiger partial charge in [-0.2, -0.15) is 0 Å². The summed E-state index contributed by atoms with van der Waals surface area (Å²) in [7, 11) is 5.99. The van der Waals surface area contributed by atoms with Crippen LogP contribution in [-0.2, 0) is 9.63 Å². The molecular weight excluding hydrogens is 604 g/mol. The molecule has 12 heteroatoms. The largest absolute Gasteiger partial charge is 0.494 e. The zero-order valence-electron chi connectivity index (χ0n) is 26.8. The third kappa shape index (κ3) is 7.07. The maximum atomic E-state index is 12.6. The minimum atomic E-state index is -0.276. The Labute approximate surface area is 276 Å². The molecule has 0 radical (unpaired) electrons. The van der Waals surface area contributed by atoms with Crippen LogP contribution in [0.1, 0.15) is 37.3 Å². The number of nitrogens with zero attached hydrogens (tertiary/aromatic N) is 6. The summed E-state index contributed by atoms with van der Waals surface area (Å²) in [5.41, 5.74) is 3.31. The molecule has 0 saturated carbocycles. The highest BCUT2D eigenvalue weighted by atomic mass is 35.5. The number of aromatic nitrogens is 2. The van der Waals surface area contributed by atoms with Gasteiger partial charge in [-0.15, -0.1) is 0 Å². The third-order valence-corrected chi connectivity index (χ3v) is 9.52. The van der Waals surface area contributed by atoms with E-state index in [-0.39, 0.29) is 11.9 Å². The van der Waals surface area contributed by atoms with Crippen LogP contribution in [0.3, 0.4) is 0 Å². The van der Waals surface area contributed by atoms with E-state index in [0.717, 1.165) is 56.7 Å². The van der Waals surface area contributed by atoms with E-state index in [9.17, 15) is 4.79 Å². The van der Waals surface area contributed by atoms with Crippen molar-refractivity contribution in [2.24, 2.45) is 0 Å². The highest BCUT2D eigenvalue weighted by molar-refractivity contribution is 6.30. The molecule has 4 heterocycles. The fraction of sp³-hybridized carbons (Fsp3) is 0.441. The second-order valence-corrected chi connectivity index (χ2v) is 12.7. The van der Waals surface area contributed by atoms with Crippen molar-refractivity contribution in [2.45, 2.75) is 43.8 Å². The van der Waals surface area contributed by atoms with E-state index in [0.29, 0.717) is 52.5 Å². The molecule has 2 N–H and O–H groups in total. The number of ether oxygens (including phenoxy) is 1. The third-order valence-electron chi connectivity index (χ3n) is 9.29. The highest BCUT2D eigenvalue weighted by Gasteiger charge is 2.33. The number of hydrogen-bond acceptors (Lipinski definition) is 10. The molecule has 0 unspecified atom stereocenters. The van der Waals surface area contributed by atoms with Gasteiger partial charge in [0.25, 0.3) is 0 Å². The van der Waals surface area contributed by atoms with Crippen molar-refractivity contribution in [3.8, 4) is 5.75 Å². The molecule has 0 spiro atoms. The number of carbonyl (C=O) groups excluding carboxylic acids is 1. The van der Waals surface area contributed by atoms with Crippen molar-refractivity contribution in [3.63, 3.8) is 0 Å². The van der Waals surface area contributed by atoms with Crippen LogP contribution in [0.15, 0.2) is 61.4 Å². The molecule has 1 aromatic heterocycles. The van der Waals surface area contributed by atoms with Crippen LogP contribution in [0.2, 0.25) is 5.02 Å². The van der Waals surface area contributed by atoms with Gasteiger partial charge in [0.15, 0.2) is 5.82 Å². The summed E-state index contributed by atoms with van der Waals surface area (Å²) < 4.78 is 5.86. The predicted molar refractivity (Wildman–Crippen MR) is 183 cm³/mol. The number of likely N-dealkylation sites (tertiary alicyclic amines) is 1. The Balaban J connectivity index is 1.22. The second-order valence-electron chi connectivity index (χ2n) is 12.3. The zero-order valence-corrected chi connectivity index (χ0v) is 27.5. The summed E-state index contributed by atoms with van der Waals surface area (Å²) in [6, 6.07) is 14.7. The molecule has 0 bridgehead atoms. The monoisotopic (exact) mass is 646 g/mol. The van der Waals surface area contributed by atoms with Crippen molar-refractivity contribution in [1.82, 2.24) is 19.8 Å². The number of hydrogen-bond donors (Lipinski definition) is 2. The van der Waals surface area contributed by atoms with Gasteiger partial charge < -0.3 is 25.2 Å². The Hall–Kier alpha value is -3.90. The molecule has 3 aliphatic rings. The van der Waals surface area contributed by atoms with E-state index in [4.69, 9.17) is 21.2 Å². The van der Waals surface area contributed by atoms with Gasteiger partial charge in [0.1, 0.15) is 17.9 Å². The van der Waals surface area contributed by atoms with Crippen molar-refractivity contribution in [1.29, 1.82) is 0 Å². The van der Waals surface area contributed by atoms with E-state index >= 15 is 0 Å². The van der Waals surface area contributed by atoms with Gasteiger partial charge in [0, 0.05) is 61.8 Å². The van der Waals surface area contributed by atoms with Gasteiger partial charge >= 0.3 is 0 Å². The average molecular weight is 647 g/mol. The maximum Gasteiger partial charge on any atom is 0.247 e. The molecule has 1 amide bonds. The van der Waals surface area contributed by atoms with E-state index in [1.807, 2.05) is 42.5 Å². The van der Waals surface area contributed by atoms with Crippen LogP contribution in [-0.4, -0.2) is 91.7 Å². The highest BCUT2D eigenvalue weighted by Crippen LogP contribution is 2.41. The standard InChI is InChI=1S/C34H43ClN8O3/c1-5-34(44)39-27-18-28(31(45-4)19-30(27)41-13-9-25(10-14-41)42-15-11-26(21-42)40(2)3)38-32-20-33(37-22-36-32)43-29(12-16-46-43)23-7-6-8-24(35)17-23/h5-8,17-20,22,25-26,29H,1,9-16,21H2,2-4H3,(H,39,44)(H,36,37,38)/t26-,29-/m1/s1. The lowest BCUT2D eigenvalue weighted by Crippen LogP contribution is -2.45. The second kappa shape index (κ2) is 14.3.